The van der Waals surface area contributed by atoms with Crippen molar-refractivity contribution in [2.24, 2.45) is 5.92 Å². The molecule has 5 heteroatoms. The number of hydrogen-bond acceptors (Lipinski definition) is 5. The highest BCUT2D eigenvalue weighted by Crippen LogP contribution is 2.49. The van der Waals surface area contributed by atoms with E-state index in [1.54, 1.807) is 0 Å². The van der Waals surface area contributed by atoms with E-state index in [1.165, 1.54) is 83.6 Å². The Balaban J connectivity index is 1.04. The average molecular weight is 799 g/mol. The molecule has 1 atom stereocenters. The van der Waals surface area contributed by atoms with E-state index < -0.39 is 0 Å². The molecule has 0 saturated carbocycles. The first-order valence-electron chi connectivity index (χ1n) is 19.7. The molecular formula is C53H38N2S3. The van der Waals surface area contributed by atoms with Crippen LogP contribution >= 0.6 is 34.0 Å². The number of fused-ring (bicyclic) bond motifs is 7. The Morgan fingerprint density at radius 1 is 0.517 bits per heavy atom. The minimum atomic E-state index is 0.497. The van der Waals surface area contributed by atoms with Crippen LogP contribution < -0.4 is 9.80 Å². The maximum atomic E-state index is 4.00. The molecule has 10 aromatic rings. The lowest BCUT2D eigenvalue weighted by Crippen LogP contribution is -2.14. The van der Waals surface area contributed by atoms with E-state index in [1.807, 2.05) is 46.2 Å². The van der Waals surface area contributed by atoms with Crippen LogP contribution in [0.4, 0.5) is 32.8 Å². The first kappa shape index (κ1) is 35.0. The zero-order chi connectivity index (χ0) is 38.9. The van der Waals surface area contributed by atoms with Crippen LogP contribution in [-0.4, -0.2) is 0 Å². The molecule has 0 spiro atoms. The van der Waals surface area contributed by atoms with Crippen molar-refractivity contribution in [3.63, 3.8) is 0 Å². The molecule has 7 aromatic carbocycles. The number of anilines is 6. The SMILES string of the molecule is C=Cc1ccc(N(c2cc3cc4sc5cc6cc(N(c7ccc(C=C)cc7)c7cccc8ccccc78)sc6cc5c4cc3s2)c2cccc3c2CC(C)C=C3)cc1. The highest BCUT2D eigenvalue weighted by molar-refractivity contribution is 7.27. The first-order valence-corrected chi connectivity index (χ1v) is 22.1. The van der Waals surface area contributed by atoms with E-state index in [0.29, 0.717) is 5.92 Å². The maximum Gasteiger partial charge on any atom is 0.101 e. The first-order chi connectivity index (χ1) is 28.5. The van der Waals surface area contributed by atoms with Gasteiger partial charge in [-0.15, -0.1) is 34.0 Å². The molecule has 0 aliphatic heterocycles. The van der Waals surface area contributed by atoms with Crippen LogP contribution in [-0.2, 0) is 6.42 Å². The molecule has 0 bridgehead atoms. The Kier molecular flexibility index (Phi) is 8.44. The predicted molar refractivity (Wildman–Crippen MR) is 259 cm³/mol. The third-order valence-electron chi connectivity index (χ3n) is 11.5. The van der Waals surface area contributed by atoms with Gasteiger partial charge in [0.05, 0.1) is 11.4 Å². The van der Waals surface area contributed by atoms with Crippen molar-refractivity contribution in [3.05, 3.63) is 187 Å². The summed E-state index contributed by atoms with van der Waals surface area (Å²) in [6.07, 6.45) is 9.47. The van der Waals surface area contributed by atoms with E-state index in [9.17, 15) is 0 Å². The summed E-state index contributed by atoms with van der Waals surface area (Å²) in [6, 6.07) is 53.9. The highest BCUT2D eigenvalue weighted by Gasteiger charge is 2.23. The molecular weight excluding hydrogens is 761 g/mol. The van der Waals surface area contributed by atoms with Gasteiger partial charge in [-0.1, -0.05) is 117 Å². The van der Waals surface area contributed by atoms with Crippen LogP contribution in [0.3, 0.4) is 0 Å². The molecule has 278 valence electrons. The van der Waals surface area contributed by atoms with Crippen LogP contribution in [0.1, 0.15) is 29.2 Å². The summed E-state index contributed by atoms with van der Waals surface area (Å²) in [4.78, 5) is 4.89. The lowest BCUT2D eigenvalue weighted by molar-refractivity contribution is 0.717. The number of hydrogen-bond donors (Lipinski definition) is 0. The molecule has 1 aliphatic carbocycles. The van der Waals surface area contributed by atoms with E-state index in [-0.39, 0.29) is 0 Å². The third kappa shape index (κ3) is 5.89. The Bertz CT molecular complexity index is 3260. The van der Waals surface area contributed by atoms with Crippen molar-refractivity contribution < 1.29 is 0 Å². The van der Waals surface area contributed by atoms with E-state index in [2.05, 4.69) is 188 Å². The molecule has 2 nitrogen and oxygen atoms in total. The van der Waals surface area contributed by atoms with Gasteiger partial charge in [-0.2, -0.15) is 0 Å². The molecule has 0 N–H and O–H groups in total. The molecule has 11 rings (SSSR count). The van der Waals surface area contributed by atoms with Crippen LogP contribution in [0, 0.1) is 5.92 Å². The van der Waals surface area contributed by atoms with Crippen molar-refractivity contribution >= 4 is 136 Å². The zero-order valence-electron chi connectivity index (χ0n) is 32.0. The third-order valence-corrected chi connectivity index (χ3v) is 14.8. The fraction of sp³-hybridized carbons (Fsp3) is 0.0566. The minimum Gasteiger partial charge on any atom is -0.302 e. The van der Waals surface area contributed by atoms with Gasteiger partial charge in [0, 0.05) is 46.3 Å². The van der Waals surface area contributed by atoms with Gasteiger partial charge in [0.1, 0.15) is 10.0 Å². The van der Waals surface area contributed by atoms with Gasteiger partial charge in [-0.05, 0) is 124 Å². The van der Waals surface area contributed by atoms with Crippen molar-refractivity contribution in [3.8, 4) is 0 Å². The van der Waals surface area contributed by atoms with E-state index in [4.69, 9.17) is 0 Å². The molecule has 3 heterocycles. The number of nitrogens with zero attached hydrogens (tertiary/aromatic N) is 2. The Morgan fingerprint density at radius 3 is 1.69 bits per heavy atom. The zero-order valence-corrected chi connectivity index (χ0v) is 34.4. The van der Waals surface area contributed by atoms with Crippen LogP contribution in [0.15, 0.2) is 165 Å². The number of allylic oxidation sites excluding steroid dienone is 1. The largest absolute Gasteiger partial charge is 0.302 e. The summed E-state index contributed by atoms with van der Waals surface area (Å²) >= 11 is 5.63. The molecule has 3 aromatic heterocycles. The van der Waals surface area contributed by atoms with Gasteiger partial charge in [-0.25, -0.2) is 0 Å². The smallest absolute Gasteiger partial charge is 0.101 e. The average Bonchev–Trinajstić information content (AvgIpc) is 3.96. The second-order valence-electron chi connectivity index (χ2n) is 15.2. The fourth-order valence-electron chi connectivity index (χ4n) is 8.56. The second kappa shape index (κ2) is 14.0. The van der Waals surface area contributed by atoms with Gasteiger partial charge in [0.15, 0.2) is 0 Å². The summed E-state index contributed by atoms with van der Waals surface area (Å²) in [5, 5.41) is 10.1. The van der Waals surface area contributed by atoms with Crippen molar-refractivity contribution in [1.82, 2.24) is 0 Å². The fourth-order valence-corrected chi connectivity index (χ4v) is 12.0. The van der Waals surface area contributed by atoms with Gasteiger partial charge >= 0.3 is 0 Å². The van der Waals surface area contributed by atoms with Gasteiger partial charge < -0.3 is 9.80 Å². The van der Waals surface area contributed by atoms with Gasteiger partial charge in [0.25, 0.3) is 0 Å². The Hall–Kier alpha value is -6.24. The topological polar surface area (TPSA) is 6.48 Å². The van der Waals surface area contributed by atoms with E-state index in [0.717, 1.165) is 28.9 Å². The lowest BCUT2D eigenvalue weighted by Gasteiger charge is -2.29. The predicted octanol–water partition coefficient (Wildman–Crippen LogP) is 17.1. The highest BCUT2D eigenvalue weighted by atomic mass is 32.1. The number of benzene rings is 7. The summed E-state index contributed by atoms with van der Waals surface area (Å²) in [5.41, 5.74) is 9.66. The molecule has 0 radical (unpaired) electrons. The molecule has 1 unspecified atom stereocenters. The summed E-state index contributed by atoms with van der Waals surface area (Å²) in [7, 11) is 0. The lowest BCUT2D eigenvalue weighted by atomic mass is 9.89. The van der Waals surface area contributed by atoms with Crippen molar-refractivity contribution in [1.29, 1.82) is 0 Å². The van der Waals surface area contributed by atoms with Crippen molar-refractivity contribution in [2.75, 3.05) is 9.80 Å². The molecule has 0 saturated heterocycles. The van der Waals surface area contributed by atoms with Crippen molar-refractivity contribution in [2.45, 2.75) is 13.3 Å². The van der Waals surface area contributed by atoms with Crippen LogP contribution in [0.25, 0.3) is 69.3 Å². The van der Waals surface area contributed by atoms with Crippen LogP contribution in [0.2, 0.25) is 0 Å². The van der Waals surface area contributed by atoms with Gasteiger partial charge in [-0.3, -0.25) is 0 Å². The Labute approximate surface area is 350 Å². The van der Waals surface area contributed by atoms with E-state index >= 15 is 0 Å². The molecule has 1 aliphatic rings. The number of rotatable bonds is 8. The Morgan fingerprint density at radius 2 is 1.07 bits per heavy atom. The standard InChI is InChI=1S/C53H38N2S3/c1-4-34-17-22-40(23-18-34)54(46-14-8-11-36-10-6-7-13-42(36)46)52-29-38-27-50-44(31-48(38)57-52)45-32-49-39(28-51(45)56-50)30-53(58-49)55(41-24-19-35(5-2)20-25-41)47-15-9-12-37-21-16-33(3)26-43(37)47/h4-25,27-33H,1-2,26H2,3H3. The normalized spacial score (nSPS) is 13.8. The summed E-state index contributed by atoms with van der Waals surface area (Å²) in [6.45, 7) is 10.3. The molecule has 58 heavy (non-hydrogen) atoms. The molecule has 0 fully saturated rings. The second-order valence-corrected chi connectivity index (χ2v) is 18.4. The monoisotopic (exact) mass is 798 g/mol. The van der Waals surface area contributed by atoms with Crippen LogP contribution in [0.5, 0.6) is 0 Å². The minimum absolute atomic E-state index is 0.497. The quantitative estimate of drug-likeness (QED) is 0.151. The summed E-state index contributed by atoms with van der Waals surface area (Å²) < 4.78 is 5.22. The number of thiophene rings is 3. The molecule has 0 amide bonds. The maximum absolute atomic E-state index is 4.00. The summed E-state index contributed by atoms with van der Waals surface area (Å²) in [5.74, 6) is 0.497. The van der Waals surface area contributed by atoms with Gasteiger partial charge in [0.2, 0.25) is 0 Å².